The van der Waals surface area contributed by atoms with Gasteiger partial charge in [0, 0.05) is 18.7 Å². The van der Waals surface area contributed by atoms with E-state index < -0.39 is 6.29 Å². The Morgan fingerprint density at radius 2 is 2.08 bits per heavy atom. The number of anilines is 1. The second-order valence-corrected chi connectivity index (χ2v) is 6.34. The van der Waals surface area contributed by atoms with E-state index in [0.717, 1.165) is 18.5 Å². The van der Waals surface area contributed by atoms with Crippen molar-refractivity contribution in [2.45, 2.75) is 39.4 Å². The molecule has 5 nitrogen and oxygen atoms in total. The molecule has 2 N–H and O–H groups in total. The Balaban J connectivity index is 1.98. The largest absolute Gasteiger partial charge is 0.459 e. The van der Waals surface area contributed by atoms with Crippen molar-refractivity contribution < 1.29 is 19.4 Å². The first-order valence-electron chi connectivity index (χ1n) is 8.57. The number of rotatable bonds is 8. The van der Waals surface area contributed by atoms with Gasteiger partial charge >= 0.3 is 0 Å². The molecule has 1 aliphatic rings. The third-order valence-electron chi connectivity index (χ3n) is 4.06. The molecule has 1 aliphatic heterocycles. The summed E-state index contributed by atoms with van der Waals surface area (Å²) in [6.45, 7) is 4.93. The topological polar surface area (TPSA) is 67.8 Å². The van der Waals surface area contributed by atoms with E-state index >= 15 is 0 Å². The molecular weight excluding hydrogens is 306 g/mol. The summed E-state index contributed by atoms with van der Waals surface area (Å²) >= 11 is 0. The lowest BCUT2D eigenvalue weighted by Crippen LogP contribution is -2.31. The van der Waals surface area contributed by atoms with Crippen molar-refractivity contribution in [2.75, 3.05) is 18.5 Å². The summed E-state index contributed by atoms with van der Waals surface area (Å²) in [5.41, 5.74) is 0.735. The molecular formula is C19H27NO4. The average molecular weight is 333 g/mol. The van der Waals surface area contributed by atoms with E-state index in [1.807, 2.05) is 36.4 Å². The molecule has 1 amide bonds. The molecule has 0 fully saturated rings. The predicted octanol–water partition coefficient (Wildman–Crippen LogP) is 3.32. The van der Waals surface area contributed by atoms with E-state index in [0.29, 0.717) is 24.7 Å². The average Bonchev–Trinajstić information content (AvgIpc) is 2.59. The molecule has 132 valence electrons. The van der Waals surface area contributed by atoms with Gasteiger partial charge < -0.3 is 19.9 Å². The van der Waals surface area contributed by atoms with Crippen molar-refractivity contribution in [3.8, 4) is 0 Å². The number of hydrogen-bond donors (Lipinski definition) is 2. The summed E-state index contributed by atoms with van der Waals surface area (Å²) in [6.07, 6.45) is 3.70. The van der Waals surface area contributed by atoms with Crippen molar-refractivity contribution in [1.29, 1.82) is 0 Å². The van der Waals surface area contributed by atoms with Crippen LogP contribution in [0.4, 0.5) is 5.69 Å². The zero-order valence-electron chi connectivity index (χ0n) is 14.4. The van der Waals surface area contributed by atoms with Crippen LogP contribution in [0.15, 0.2) is 42.2 Å². The molecule has 0 aromatic heterocycles. The maximum Gasteiger partial charge on any atom is 0.290 e. The summed E-state index contributed by atoms with van der Waals surface area (Å²) in [4.78, 5) is 12.5. The van der Waals surface area contributed by atoms with Crippen LogP contribution in [0.25, 0.3) is 0 Å². The quantitative estimate of drug-likeness (QED) is 0.716. The number of para-hydroxylation sites is 1. The minimum absolute atomic E-state index is 0.161. The number of carbonyl (C=O) groups is 1. The lowest BCUT2D eigenvalue weighted by atomic mass is 9.90. The first-order valence-corrected chi connectivity index (χ1v) is 8.57. The second kappa shape index (κ2) is 9.45. The highest BCUT2D eigenvalue weighted by molar-refractivity contribution is 6.02. The van der Waals surface area contributed by atoms with Crippen molar-refractivity contribution in [3.05, 3.63) is 42.2 Å². The first-order chi connectivity index (χ1) is 11.6. The lowest BCUT2D eigenvalue weighted by Gasteiger charge is -2.30. The van der Waals surface area contributed by atoms with Gasteiger partial charge in [0.15, 0.2) is 5.76 Å². The molecule has 0 bridgehead atoms. The molecule has 5 heteroatoms. The zero-order chi connectivity index (χ0) is 17.4. The molecule has 0 saturated heterocycles. The number of unbranched alkanes of at least 4 members (excludes halogenated alkanes) is 1. The van der Waals surface area contributed by atoms with Crippen LogP contribution in [-0.2, 0) is 14.3 Å². The Kier molecular flexibility index (Phi) is 7.28. The van der Waals surface area contributed by atoms with Gasteiger partial charge in [-0.1, -0.05) is 32.0 Å². The number of carbonyl (C=O) groups excluding carboxylic acids is 1. The Labute approximate surface area is 143 Å². The van der Waals surface area contributed by atoms with Crippen LogP contribution in [0.2, 0.25) is 0 Å². The molecule has 1 aromatic rings. The van der Waals surface area contributed by atoms with Gasteiger partial charge in [0.05, 0.1) is 6.61 Å². The third kappa shape index (κ3) is 5.65. The molecule has 1 aromatic carbocycles. The molecule has 0 spiro atoms. The number of aliphatic hydroxyl groups is 1. The minimum Gasteiger partial charge on any atom is -0.459 e. The van der Waals surface area contributed by atoms with Crippen LogP contribution in [0, 0.1) is 11.8 Å². The predicted molar refractivity (Wildman–Crippen MR) is 93.2 cm³/mol. The van der Waals surface area contributed by atoms with Crippen molar-refractivity contribution in [1.82, 2.24) is 0 Å². The van der Waals surface area contributed by atoms with Crippen LogP contribution in [0.3, 0.4) is 0 Å². The van der Waals surface area contributed by atoms with Crippen molar-refractivity contribution >= 4 is 11.6 Å². The summed E-state index contributed by atoms with van der Waals surface area (Å²) in [5.74, 6) is 0.696. The molecule has 0 radical (unpaired) electrons. The maximum absolute atomic E-state index is 12.5. The van der Waals surface area contributed by atoms with E-state index in [1.165, 1.54) is 0 Å². The van der Waals surface area contributed by atoms with E-state index in [9.17, 15) is 4.79 Å². The minimum atomic E-state index is -0.419. The first kappa shape index (κ1) is 18.5. The monoisotopic (exact) mass is 333 g/mol. The van der Waals surface area contributed by atoms with Crippen LogP contribution in [0.1, 0.15) is 33.1 Å². The van der Waals surface area contributed by atoms with E-state index in [1.54, 1.807) is 0 Å². The number of amides is 1. The summed E-state index contributed by atoms with van der Waals surface area (Å²) in [6, 6.07) is 9.32. The number of allylic oxidation sites excluding steroid dienone is 1. The van der Waals surface area contributed by atoms with Gasteiger partial charge in [0.2, 0.25) is 6.29 Å². The van der Waals surface area contributed by atoms with Crippen LogP contribution in [-0.4, -0.2) is 30.5 Å². The molecule has 0 unspecified atom stereocenters. The zero-order valence-corrected chi connectivity index (χ0v) is 14.4. The number of aliphatic hydroxyl groups excluding tert-OH is 1. The highest BCUT2D eigenvalue weighted by Gasteiger charge is 2.29. The maximum atomic E-state index is 12.5. The molecule has 1 heterocycles. The Morgan fingerprint density at radius 3 is 2.75 bits per heavy atom. The number of nitrogens with one attached hydrogen (secondary N) is 1. The number of ether oxygens (including phenoxy) is 2. The molecule has 2 rings (SSSR count). The Hall–Kier alpha value is -1.85. The van der Waals surface area contributed by atoms with Gasteiger partial charge in [-0.2, -0.15) is 0 Å². The van der Waals surface area contributed by atoms with Crippen LogP contribution >= 0.6 is 0 Å². The van der Waals surface area contributed by atoms with Gasteiger partial charge in [-0.15, -0.1) is 0 Å². The Morgan fingerprint density at radius 1 is 1.33 bits per heavy atom. The fourth-order valence-corrected chi connectivity index (χ4v) is 2.55. The summed E-state index contributed by atoms with van der Waals surface area (Å²) < 4.78 is 11.5. The van der Waals surface area contributed by atoms with Crippen molar-refractivity contribution in [3.63, 3.8) is 0 Å². The van der Waals surface area contributed by atoms with Crippen LogP contribution in [0.5, 0.6) is 0 Å². The van der Waals surface area contributed by atoms with E-state index in [2.05, 4.69) is 19.2 Å². The van der Waals surface area contributed by atoms with Gasteiger partial charge in [-0.3, -0.25) is 4.79 Å². The molecule has 24 heavy (non-hydrogen) atoms. The third-order valence-corrected chi connectivity index (χ3v) is 4.06. The lowest BCUT2D eigenvalue weighted by molar-refractivity contribution is -0.148. The normalized spacial score (nSPS) is 20.4. The molecule has 0 saturated carbocycles. The smallest absolute Gasteiger partial charge is 0.290 e. The fraction of sp³-hybridized carbons (Fsp3) is 0.526. The molecule has 2 atom stereocenters. The van der Waals surface area contributed by atoms with Crippen LogP contribution < -0.4 is 5.32 Å². The molecule has 0 aliphatic carbocycles. The Bertz CT molecular complexity index is 542. The SMILES string of the molecule is CC(C)[C@H]1C=C(C(=O)Nc2ccccc2)O[C@@H](OCCCCO)C1. The summed E-state index contributed by atoms with van der Waals surface area (Å²) in [7, 11) is 0. The standard InChI is InChI=1S/C19H27NO4/c1-14(2)15-12-17(19(22)20-16-8-4-3-5-9-16)24-18(13-15)23-11-7-6-10-21/h3-5,8-9,12,14-15,18,21H,6-7,10-11,13H2,1-2H3,(H,20,22)/t15-,18+/m0/s1. The van der Waals surface area contributed by atoms with E-state index in [4.69, 9.17) is 14.6 Å². The fourth-order valence-electron chi connectivity index (χ4n) is 2.55. The highest BCUT2D eigenvalue weighted by Crippen LogP contribution is 2.29. The second-order valence-electron chi connectivity index (χ2n) is 6.34. The summed E-state index contributed by atoms with van der Waals surface area (Å²) in [5, 5.41) is 11.7. The van der Waals surface area contributed by atoms with Gasteiger partial charge in [-0.05, 0) is 42.9 Å². The van der Waals surface area contributed by atoms with Gasteiger partial charge in [-0.25, -0.2) is 0 Å². The highest BCUT2D eigenvalue weighted by atomic mass is 16.7. The van der Waals surface area contributed by atoms with E-state index in [-0.39, 0.29) is 18.4 Å². The van der Waals surface area contributed by atoms with Gasteiger partial charge in [0.25, 0.3) is 5.91 Å². The van der Waals surface area contributed by atoms with Crippen molar-refractivity contribution in [2.24, 2.45) is 11.8 Å². The number of benzene rings is 1. The number of hydrogen-bond acceptors (Lipinski definition) is 4. The van der Waals surface area contributed by atoms with Gasteiger partial charge in [0.1, 0.15) is 0 Å².